The number of pyridine rings is 1. The first-order valence-electron chi connectivity index (χ1n) is 6.19. The molecule has 0 saturated carbocycles. The van der Waals surface area contributed by atoms with E-state index in [0.29, 0.717) is 12.4 Å². The van der Waals surface area contributed by atoms with Crippen molar-refractivity contribution in [2.75, 3.05) is 44.9 Å². The Bertz CT molecular complexity index is 476. The van der Waals surface area contributed by atoms with Gasteiger partial charge in [-0.3, -0.25) is 10.1 Å². The van der Waals surface area contributed by atoms with Crippen molar-refractivity contribution >= 4 is 17.3 Å². The maximum Gasteiger partial charge on any atom is 0.311 e. The van der Waals surface area contributed by atoms with Crippen molar-refractivity contribution in [3.8, 4) is 0 Å². The standard InChI is InChI=1S/C12H21N5O3/c1-12(18,8-16(3)4)7-14-11-9(17(19)20)5-6-10(13-2)15-11/h5-6,18H,7-8H2,1-4H3,(H2,13,14,15). The van der Waals surface area contributed by atoms with E-state index in [9.17, 15) is 15.2 Å². The Hall–Kier alpha value is -1.93. The molecule has 1 aromatic heterocycles. The maximum absolute atomic E-state index is 11.0. The number of hydrogen-bond donors (Lipinski definition) is 3. The molecule has 20 heavy (non-hydrogen) atoms. The molecular formula is C12H21N5O3. The molecule has 1 rings (SSSR count). The molecule has 0 aliphatic carbocycles. The lowest BCUT2D eigenvalue weighted by atomic mass is 10.1. The van der Waals surface area contributed by atoms with Crippen LogP contribution in [0.2, 0.25) is 0 Å². The second-order valence-corrected chi connectivity index (χ2v) is 5.16. The van der Waals surface area contributed by atoms with Gasteiger partial charge in [0.25, 0.3) is 0 Å². The molecule has 1 atom stereocenters. The van der Waals surface area contributed by atoms with Crippen LogP contribution in [0.4, 0.5) is 17.3 Å². The van der Waals surface area contributed by atoms with Gasteiger partial charge in [-0.25, -0.2) is 4.98 Å². The van der Waals surface area contributed by atoms with Crippen LogP contribution in [-0.2, 0) is 0 Å². The summed E-state index contributed by atoms with van der Waals surface area (Å²) in [4.78, 5) is 16.4. The number of nitrogens with zero attached hydrogens (tertiary/aromatic N) is 3. The molecule has 0 saturated heterocycles. The van der Waals surface area contributed by atoms with Gasteiger partial charge >= 0.3 is 5.69 Å². The molecule has 1 heterocycles. The second-order valence-electron chi connectivity index (χ2n) is 5.16. The number of nitro groups is 1. The summed E-state index contributed by atoms with van der Waals surface area (Å²) in [5, 5.41) is 26.8. The average molecular weight is 283 g/mol. The predicted octanol–water partition coefficient (Wildman–Crippen LogP) is 0.756. The van der Waals surface area contributed by atoms with E-state index < -0.39 is 10.5 Å². The number of aliphatic hydroxyl groups is 1. The summed E-state index contributed by atoms with van der Waals surface area (Å²) in [6.07, 6.45) is 0. The Kier molecular flexibility index (Phi) is 5.23. The molecule has 0 radical (unpaired) electrons. The first-order valence-corrected chi connectivity index (χ1v) is 6.19. The van der Waals surface area contributed by atoms with E-state index in [-0.39, 0.29) is 18.1 Å². The van der Waals surface area contributed by atoms with Gasteiger partial charge in [0.2, 0.25) is 5.82 Å². The summed E-state index contributed by atoms with van der Waals surface area (Å²) in [5.41, 5.74) is -1.14. The molecule has 0 amide bonds. The van der Waals surface area contributed by atoms with Gasteiger partial charge in [-0.15, -0.1) is 0 Å². The average Bonchev–Trinajstić information content (AvgIpc) is 2.34. The van der Waals surface area contributed by atoms with Crippen molar-refractivity contribution in [2.45, 2.75) is 12.5 Å². The SMILES string of the molecule is CNc1ccc([N+](=O)[O-])c(NCC(C)(O)CN(C)C)n1. The van der Waals surface area contributed by atoms with Crippen LogP contribution in [0.15, 0.2) is 12.1 Å². The third kappa shape index (κ3) is 4.63. The Balaban J connectivity index is 2.87. The highest BCUT2D eigenvalue weighted by atomic mass is 16.6. The Labute approximate surface area is 118 Å². The quantitative estimate of drug-likeness (QED) is 0.501. The minimum Gasteiger partial charge on any atom is -0.387 e. The number of likely N-dealkylation sites (N-methyl/N-ethyl adjacent to an activating group) is 1. The van der Waals surface area contributed by atoms with Crippen molar-refractivity contribution in [3.63, 3.8) is 0 Å². The van der Waals surface area contributed by atoms with Crippen molar-refractivity contribution in [1.82, 2.24) is 9.88 Å². The maximum atomic E-state index is 11.0. The number of aromatic nitrogens is 1. The van der Waals surface area contributed by atoms with Crippen molar-refractivity contribution in [2.24, 2.45) is 0 Å². The van der Waals surface area contributed by atoms with E-state index in [4.69, 9.17) is 0 Å². The van der Waals surface area contributed by atoms with Crippen molar-refractivity contribution in [1.29, 1.82) is 0 Å². The minimum absolute atomic E-state index is 0.121. The Morgan fingerprint density at radius 3 is 2.65 bits per heavy atom. The van der Waals surface area contributed by atoms with Crippen LogP contribution in [0.3, 0.4) is 0 Å². The van der Waals surface area contributed by atoms with E-state index in [1.807, 2.05) is 19.0 Å². The number of hydrogen-bond acceptors (Lipinski definition) is 7. The second kappa shape index (κ2) is 6.49. The third-order valence-electron chi connectivity index (χ3n) is 2.62. The predicted molar refractivity (Wildman–Crippen MR) is 78.1 cm³/mol. The highest BCUT2D eigenvalue weighted by Crippen LogP contribution is 2.24. The van der Waals surface area contributed by atoms with Crippen LogP contribution in [0, 0.1) is 10.1 Å². The van der Waals surface area contributed by atoms with Gasteiger partial charge in [0, 0.05) is 26.2 Å². The minimum atomic E-state index is -1.02. The molecule has 8 nitrogen and oxygen atoms in total. The van der Waals surface area contributed by atoms with Gasteiger partial charge < -0.3 is 20.6 Å². The van der Waals surface area contributed by atoms with Gasteiger partial charge in [-0.1, -0.05) is 0 Å². The molecule has 0 spiro atoms. The normalized spacial score (nSPS) is 13.9. The molecule has 3 N–H and O–H groups in total. The van der Waals surface area contributed by atoms with Crippen LogP contribution < -0.4 is 10.6 Å². The lowest BCUT2D eigenvalue weighted by molar-refractivity contribution is -0.384. The van der Waals surface area contributed by atoms with Gasteiger partial charge in [0.15, 0.2) is 0 Å². The molecule has 0 aliphatic heterocycles. The monoisotopic (exact) mass is 283 g/mol. The number of anilines is 2. The van der Waals surface area contributed by atoms with Crippen molar-refractivity contribution in [3.05, 3.63) is 22.2 Å². The summed E-state index contributed by atoms with van der Waals surface area (Å²) in [6.45, 7) is 2.25. The molecule has 0 bridgehead atoms. The van der Waals surface area contributed by atoms with Gasteiger partial charge in [0.1, 0.15) is 5.82 Å². The topological polar surface area (TPSA) is 104 Å². The van der Waals surface area contributed by atoms with E-state index in [2.05, 4.69) is 15.6 Å². The van der Waals surface area contributed by atoms with Crippen LogP contribution in [-0.4, -0.2) is 59.7 Å². The summed E-state index contributed by atoms with van der Waals surface area (Å²) in [6, 6.07) is 2.91. The molecule has 0 fully saturated rings. The summed E-state index contributed by atoms with van der Waals surface area (Å²) < 4.78 is 0. The van der Waals surface area contributed by atoms with E-state index in [1.54, 1.807) is 14.0 Å². The van der Waals surface area contributed by atoms with Gasteiger partial charge in [-0.05, 0) is 27.1 Å². The van der Waals surface area contributed by atoms with Crippen LogP contribution >= 0.6 is 0 Å². The Morgan fingerprint density at radius 1 is 1.50 bits per heavy atom. The molecule has 0 aromatic carbocycles. The molecule has 8 heteroatoms. The first kappa shape index (κ1) is 16.1. The molecular weight excluding hydrogens is 262 g/mol. The third-order valence-corrected chi connectivity index (χ3v) is 2.62. The zero-order valence-corrected chi connectivity index (χ0v) is 12.2. The number of rotatable bonds is 7. The molecule has 1 unspecified atom stereocenters. The summed E-state index contributed by atoms with van der Waals surface area (Å²) in [7, 11) is 5.37. The Morgan fingerprint density at radius 2 is 2.15 bits per heavy atom. The fourth-order valence-corrected chi connectivity index (χ4v) is 1.88. The van der Waals surface area contributed by atoms with Crippen LogP contribution in [0.25, 0.3) is 0 Å². The number of nitrogens with one attached hydrogen (secondary N) is 2. The summed E-state index contributed by atoms with van der Waals surface area (Å²) >= 11 is 0. The van der Waals surface area contributed by atoms with E-state index >= 15 is 0 Å². The zero-order chi connectivity index (χ0) is 15.3. The van der Waals surface area contributed by atoms with Gasteiger partial charge in [0.05, 0.1) is 10.5 Å². The lowest BCUT2D eigenvalue weighted by Crippen LogP contribution is -2.43. The molecule has 112 valence electrons. The lowest BCUT2D eigenvalue weighted by Gasteiger charge is -2.27. The van der Waals surface area contributed by atoms with Crippen LogP contribution in [0.1, 0.15) is 6.92 Å². The highest BCUT2D eigenvalue weighted by Gasteiger charge is 2.23. The smallest absolute Gasteiger partial charge is 0.311 e. The van der Waals surface area contributed by atoms with E-state index in [0.717, 1.165) is 0 Å². The fraction of sp³-hybridized carbons (Fsp3) is 0.583. The van der Waals surface area contributed by atoms with E-state index in [1.165, 1.54) is 12.1 Å². The molecule has 0 aliphatic rings. The fourth-order valence-electron chi connectivity index (χ4n) is 1.88. The summed E-state index contributed by atoms with van der Waals surface area (Å²) in [5.74, 6) is 0.659. The zero-order valence-electron chi connectivity index (χ0n) is 12.2. The van der Waals surface area contributed by atoms with Gasteiger partial charge in [-0.2, -0.15) is 0 Å². The highest BCUT2D eigenvalue weighted by molar-refractivity contribution is 5.60. The first-order chi connectivity index (χ1) is 9.25. The largest absolute Gasteiger partial charge is 0.387 e. The molecule has 1 aromatic rings. The van der Waals surface area contributed by atoms with Crippen molar-refractivity contribution < 1.29 is 10.0 Å². The van der Waals surface area contributed by atoms with Crippen LogP contribution in [0.5, 0.6) is 0 Å².